The maximum atomic E-state index is 8.84. The van der Waals surface area contributed by atoms with Crippen molar-refractivity contribution in [1.29, 1.82) is 5.26 Å². The predicted molar refractivity (Wildman–Crippen MR) is 74.9 cm³/mol. The van der Waals surface area contributed by atoms with Crippen molar-refractivity contribution >= 4 is 17.4 Å². The van der Waals surface area contributed by atoms with Crippen molar-refractivity contribution in [3.05, 3.63) is 22.8 Å². The van der Waals surface area contributed by atoms with Crippen LogP contribution in [0.3, 0.4) is 0 Å². The van der Waals surface area contributed by atoms with Crippen LogP contribution in [0.1, 0.15) is 25.8 Å². The number of halogens is 1. The second-order valence-corrected chi connectivity index (χ2v) is 4.42. The number of hydrogen-bond donors (Lipinski definition) is 1. The molecular formula is C13H19ClN4. The molecule has 4 nitrogen and oxygen atoms in total. The van der Waals surface area contributed by atoms with Crippen LogP contribution in [0, 0.1) is 11.3 Å². The van der Waals surface area contributed by atoms with Gasteiger partial charge in [-0.15, -0.1) is 0 Å². The van der Waals surface area contributed by atoms with Gasteiger partial charge in [-0.1, -0.05) is 25.4 Å². The molecule has 0 bridgehead atoms. The predicted octanol–water partition coefficient (Wildman–Crippen LogP) is 2.75. The minimum atomic E-state index is 0.345. The number of aromatic nitrogens is 1. The van der Waals surface area contributed by atoms with Gasteiger partial charge in [-0.25, -0.2) is 4.98 Å². The molecule has 0 aliphatic heterocycles. The van der Waals surface area contributed by atoms with Crippen LogP contribution in [0.15, 0.2) is 12.1 Å². The van der Waals surface area contributed by atoms with Crippen molar-refractivity contribution in [2.45, 2.75) is 20.3 Å². The summed E-state index contributed by atoms with van der Waals surface area (Å²) in [6.07, 6.45) is 1.15. The lowest BCUT2D eigenvalue weighted by Crippen LogP contribution is -2.29. The molecule has 1 N–H and O–H groups in total. The third kappa shape index (κ3) is 4.91. The molecule has 1 aromatic rings. The first-order valence-corrected chi connectivity index (χ1v) is 6.61. The lowest BCUT2D eigenvalue weighted by molar-refractivity contribution is 0.300. The van der Waals surface area contributed by atoms with Crippen molar-refractivity contribution in [2.75, 3.05) is 31.5 Å². The normalized spacial score (nSPS) is 10.4. The highest BCUT2D eigenvalue weighted by Gasteiger charge is 2.03. The van der Waals surface area contributed by atoms with Gasteiger partial charge >= 0.3 is 0 Å². The van der Waals surface area contributed by atoms with Gasteiger partial charge in [-0.2, -0.15) is 5.26 Å². The molecule has 0 aromatic carbocycles. The quantitative estimate of drug-likeness (QED) is 0.771. The number of nitrogens with zero attached hydrogens (tertiary/aromatic N) is 3. The lowest BCUT2D eigenvalue weighted by Gasteiger charge is -2.19. The Balaban J connectivity index is 2.48. The number of nitriles is 1. The average molecular weight is 267 g/mol. The van der Waals surface area contributed by atoms with Crippen molar-refractivity contribution < 1.29 is 0 Å². The third-order valence-electron chi connectivity index (χ3n) is 2.64. The summed E-state index contributed by atoms with van der Waals surface area (Å²) in [7, 11) is 0. The molecule has 0 amide bonds. The average Bonchev–Trinajstić information content (AvgIpc) is 2.37. The standard InChI is InChI=1S/C13H19ClN4/c1-3-6-18(4-2)7-5-16-13-9-11(10-15)8-12(14)17-13/h8-9H,3-7H2,1-2H3,(H,16,17). The Kier molecular flexibility index (Phi) is 6.48. The number of likely N-dealkylation sites (N-methyl/N-ethyl adjacent to an activating group) is 1. The maximum absolute atomic E-state index is 8.84. The second kappa shape index (κ2) is 7.91. The molecule has 0 unspecified atom stereocenters. The summed E-state index contributed by atoms with van der Waals surface area (Å²) < 4.78 is 0. The van der Waals surface area contributed by atoms with Crippen LogP contribution in [0.4, 0.5) is 5.82 Å². The number of hydrogen-bond acceptors (Lipinski definition) is 4. The Morgan fingerprint density at radius 2 is 2.17 bits per heavy atom. The van der Waals surface area contributed by atoms with Crippen LogP contribution < -0.4 is 5.32 Å². The van der Waals surface area contributed by atoms with E-state index in [2.05, 4.69) is 35.1 Å². The number of pyridine rings is 1. The van der Waals surface area contributed by atoms with Crippen molar-refractivity contribution in [1.82, 2.24) is 9.88 Å². The molecule has 0 saturated carbocycles. The van der Waals surface area contributed by atoms with Gasteiger partial charge in [0.05, 0.1) is 11.6 Å². The lowest BCUT2D eigenvalue weighted by atomic mass is 10.3. The van der Waals surface area contributed by atoms with Gasteiger partial charge in [0, 0.05) is 13.1 Å². The van der Waals surface area contributed by atoms with Crippen molar-refractivity contribution in [2.24, 2.45) is 0 Å². The van der Waals surface area contributed by atoms with Gasteiger partial charge in [0.1, 0.15) is 11.0 Å². The van der Waals surface area contributed by atoms with E-state index < -0.39 is 0 Å². The Hall–Kier alpha value is -1.31. The molecule has 1 aromatic heterocycles. The molecule has 0 fully saturated rings. The van der Waals surface area contributed by atoms with Gasteiger partial charge < -0.3 is 10.2 Å². The van der Waals surface area contributed by atoms with Crippen LogP contribution in [0.25, 0.3) is 0 Å². The van der Waals surface area contributed by atoms with E-state index in [0.29, 0.717) is 16.5 Å². The fourth-order valence-corrected chi connectivity index (χ4v) is 1.95. The highest BCUT2D eigenvalue weighted by Crippen LogP contribution is 2.13. The number of anilines is 1. The first-order chi connectivity index (χ1) is 8.69. The molecule has 5 heteroatoms. The fraction of sp³-hybridized carbons (Fsp3) is 0.538. The van der Waals surface area contributed by atoms with Crippen LogP contribution in [0.5, 0.6) is 0 Å². The van der Waals surface area contributed by atoms with E-state index in [1.807, 2.05) is 0 Å². The maximum Gasteiger partial charge on any atom is 0.132 e. The Morgan fingerprint density at radius 3 is 2.78 bits per heavy atom. The largest absolute Gasteiger partial charge is 0.369 e. The van der Waals surface area contributed by atoms with Crippen LogP contribution in [0.2, 0.25) is 5.15 Å². The Bertz CT molecular complexity index is 414. The molecule has 0 radical (unpaired) electrons. The van der Waals surface area contributed by atoms with Crippen molar-refractivity contribution in [3.63, 3.8) is 0 Å². The van der Waals surface area contributed by atoms with Gasteiger partial charge in [-0.3, -0.25) is 0 Å². The Labute approximate surface area is 114 Å². The van der Waals surface area contributed by atoms with E-state index >= 15 is 0 Å². The highest BCUT2D eigenvalue weighted by molar-refractivity contribution is 6.29. The monoisotopic (exact) mass is 266 g/mol. The zero-order chi connectivity index (χ0) is 13.4. The van der Waals surface area contributed by atoms with Gasteiger partial charge in [0.15, 0.2) is 0 Å². The Morgan fingerprint density at radius 1 is 1.39 bits per heavy atom. The number of rotatable bonds is 7. The van der Waals surface area contributed by atoms with Gasteiger partial charge in [0.25, 0.3) is 0 Å². The molecule has 0 saturated heterocycles. The topological polar surface area (TPSA) is 52.0 Å². The SMILES string of the molecule is CCCN(CC)CCNc1cc(C#N)cc(Cl)n1. The zero-order valence-corrected chi connectivity index (χ0v) is 11.7. The molecule has 0 aliphatic rings. The smallest absolute Gasteiger partial charge is 0.132 e. The van der Waals surface area contributed by atoms with Gasteiger partial charge in [0.2, 0.25) is 0 Å². The van der Waals surface area contributed by atoms with Crippen molar-refractivity contribution in [3.8, 4) is 6.07 Å². The first-order valence-electron chi connectivity index (χ1n) is 6.23. The molecule has 0 aliphatic carbocycles. The summed E-state index contributed by atoms with van der Waals surface area (Å²) in [6.45, 7) is 8.23. The van der Waals surface area contributed by atoms with E-state index in [0.717, 1.165) is 32.6 Å². The van der Waals surface area contributed by atoms with E-state index in [1.54, 1.807) is 12.1 Å². The van der Waals surface area contributed by atoms with E-state index in [-0.39, 0.29) is 0 Å². The minimum Gasteiger partial charge on any atom is -0.369 e. The van der Waals surface area contributed by atoms with Crippen LogP contribution in [-0.2, 0) is 0 Å². The third-order valence-corrected chi connectivity index (χ3v) is 2.84. The summed E-state index contributed by atoms with van der Waals surface area (Å²) in [6, 6.07) is 5.33. The minimum absolute atomic E-state index is 0.345. The summed E-state index contributed by atoms with van der Waals surface area (Å²) >= 11 is 5.83. The molecule has 98 valence electrons. The summed E-state index contributed by atoms with van der Waals surface area (Å²) in [5.74, 6) is 0.659. The fourth-order valence-electron chi connectivity index (χ4n) is 1.74. The number of nitrogens with one attached hydrogen (secondary N) is 1. The van der Waals surface area contributed by atoms with Gasteiger partial charge in [-0.05, 0) is 31.6 Å². The first kappa shape index (κ1) is 14.7. The van der Waals surface area contributed by atoms with E-state index in [9.17, 15) is 0 Å². The van der Waals surface area contributed by atoms with Crippen LogP contribution in [-0.4, -0.2) is 36.1 Å². The summed E-state index contributed by atoms with van der Waals surface area (Å²) in [4.78, 5) is 6.50. The molecular weight excluding hydrogens is 248 g/mol. The molecule has 1 rings (SSSR count). The zero-order valence-electron chi connectivity index (χ0n) is 10.9. The van der Waals surface area contributed by atoms with E-state index in [1.165, 1.54) is 0 Å². The second-order valence-electron chi connectivity index (χ2n) is 4.04. The van der Waals surface area contributed by atoms with Crippen LogP contribution >= 0.6 is 11.6 Å². The highest BCUT2D eigenvalue weighted by atomic mass is 35.5. The molecule has 0 atom stereocenters. The summed E-state index contributed by atoms with van der Waals surface area (Å²) in [5.41, 5.74) is 0.526. The van der Waals surface area contributed by atoms with E-state index in [4.69, 9.17) is 16.9 Å². The summed E-state index contributed by atoms with van der Waals surface area (Å²) in [5, 5.41) is 12.4. The molecule has 18 heavy (non-hydrogen) atoms. The molecule has 0 spiro atoms. The molecule has 1 heterocycles.